The predicted octanol–water partition coefficient (Wildman–Crippen LogP) is 11.5. The number of hydrogen-bond acceptors (Lipinski definition) is 10. The molecular formula is C59H95NO10. The van der Waals surface area contributed by atoms with Crippen molar-refractivity contribution in [1.29, 1.82) is 0 Å². The molecular weight excluding hydrogens is 883 g/mol. The van der Waals surface area contributed by atoms with E-state index in [-0.39, 0.29) is 19.4 Å². The minimum Gasteiger partial charge on any atom is -0.454 e. The van der Waals surface area contributed by atoms with Crippen LogP contribution in [0.4, 0.5) is 0 Å². The van der Waals surface area contributed by atoms with Gasteiger partial charge in [-0.15, -0.1) is 0 Å². The van der Waals surface area contributed by atoms with Crippen molar-refractivity contribution >= 4 is 11.9 Å². The number of unbranched alkanes of at least 4 members (excludes halogenated alkanes) is 13. The Morgan fingerprint density at radius 2 is 1.10 bits per heavy atom. The summed E-state index contributed by atoms with van der Waals surface area (Å²) in [5.41, 5.74) is 0. The standard InChI is InChI=1S/C59H95NO10/c1-4-7-10-13-16-19-22-25-26-27-29-31-34-37-40-43-46-52(63)58(67)60-50(51(62)45-42-39-36-33-30-24-21-18-15-12-9-6-3)49-68-59-57(56(66)55(65)53(48-61)69-59)70-54(64)47-44-41-38-35-32-28-23-20-17-14-11-8-5-2/h7-8,10-11,14,16-17,19-20,23,25-26,28-29,31-32,37,40,42,45,50-53,55-57,59,61-63,65-66H,4-6,9,12-13,15,18,21-22,24,27,30,33-36,38-39,41,43-44,46-49H2,1-3H3,(H,60,67)/b10-7-,11-8+,17-14+,19-16-,23-20-,26-25-,31-29-,32-28-,40-37-,45-42+. The van der Waals surface area contributed by atoms with E-state index < -0.39 is 67.4 Å². The maximum atomic E-state index is 13.3. The third-order valence-electron chi connectivity index (χ3n) is 11.7. The molecule has 1 rings (SSSR count). The highest BCUT2D eigenvalue weighted by Crippen LogP contribution is 2.26. The van der Waals surface area contributed by atoms with Crippen molar-refractivity contribution in [2.45, 2.75) is 224 Å². The van der Waals surface area contributed by atoms with Gasteiger partial charge in [-0.3, -0.25) is 9.59 Å². The molecule has 1 aliphatic heterocycles. The van der Waals surface area contributed by atoms with Gasteiger partial charge in [-0.2, -0.15) is 0 Å². The van der Waals surface area contributed by atoms with Crippen molar-refractivity contribution in [3.63, 3.8) is 0 Å². The lowest BCUT2D eigenvalue weighted by molar-refractivity contribution is -0.305. The van der Waals surface area contributed by atoms with Crippen molar-refractivity contribution in [2.24, 2.45) is 0 Å². The van der Waals surface area contributed by atoms with E-state index in [1.54, 1.807) is 6.08 Å². The summed E-state index contributed by atoms with van der Waals surface area (Å²) in [5.74, 6) is -1.31. The Morgan fingerprint density at radius 3 is 1.69 bits per heavy atom. The first-order chi connectivity index (χ1) is 34.2. The van der Waals surface area contributed by atoms with Gasteiger partial charge in [0, 0.05) is 6.42 Å². The van der Waals surface area contributed by atoms with E-state index in [1.807, 2.05) is 54.7 Å². The summed E-state index contributed by atoms with van der Waals surface area (Å²) >= 11 is 0. The molecule has 0 radical (unpaired) electrons. The van der Waals surface area contributed by atoms with Crippen LogP contribution in [0.2, 0.25) is 0 Å². The number of carbonyl (C=O) groups is 2. The molecule has 11 nitrogen and oxygen atoms in total. The lowest BCUT2D eigenvalue weighted by Gasteiger charge is -2.41. The molecule has 1 amide bonds. The van der Waals surface area contributed by atoms with Gasteiger partial charge in [0.25, 0.3) is 0 Å². The number of ether oxygens (including phenoxy) is 3. The van der Waals surface area contributed by atoms with E-state index in [4.69, 9.17) is 14.2 Å². The molecule has 0 aliphatic carbocycles. The van der Waals surface area contributed by atoms with Crippen molar-refractivity contribution in [3.8, 4) is 0 Å². The van der Waals surface area contributed by atoms with Crippen LogP contribution in [-0.4, -0.2) is 99.6 Å². The minimum absolute atomic E-state index is 0.0634. The molecule has 8 unspecified atom stereocenters. The Hall–Kier alpha value is -3.94. The zero-order valence-corrected chi connectivity index (χ0v) is 43.3. The molecule has 0 aromatic heterocycles. The van der Waals surface area contributed by atoms with Crippen molar-refractivity contribution in [1.82, 2.24) is 5.32 Å². The monoisotopic (exact) mass is 978 g/mol. The van der Waals surface area contributed by atoms with Gasteiger partial charge in [0.15, 0.2) is 12.4 Å². The Kier molecular flexibility index (Phi) is 42.2. The molecule has 11 heteroatoms. The molecule has 0 aromatic rings. The molecule has 6 N–H and O–H groups in total. The molecule has 70 heavy (non-hydrogen) atoms. The summed E-state index contributed by atoms with van der Waals surface area (Å²) in [6.07, 6.45) is 52.6. The summed E-state index contributed by atoms with van der Waals surface area (Å²) in [4.78, 5) is 26.3. The maximum Gasteiger partial charge on any atom is 0.306 e. The zero-order valence-electron chi connectivity index (χ0n) is 43.3. The number of carbonyl (C=O) groups excluding carboxylic acids is 2. The topological polar surface area (TPSA) is 175 Å². The number of rotatable bonds is 42. The van der Waals surface area contributed by atoms with Gasteiger partial charge in [-0.25, -0.2) is 0 Å². The van der Waals surface area contributed by atoms with Crippen LogP contribution in [-0.2, 0) is 23.8 Å². The lowest BCUT2D eigenvalue weighted by Crippen LogP contribution is -2.61. The van der Waals surface area contributed by atoms with Crippen molar-refractivity contribution in [3.05, 3.63) is 122 Å². The molecule has 1 saturated heterocycles. The molecule has 1 aliphatic rings. The molecule has 0 aromatic carbocycles. The SMILES string of the molecule is CC/C=C\C/C=C\C/C=C\C/C=C\C/C=C\CCC(O)C(=O)NC(COC1OC(CO)C(O)C(O)C1OC(=O)CCCCC\C=C/C=C\C=C\C=C\CC)C(O)/C=C/CCCCCCCCCCCC. The summed E-state index contributed by atoms with van der Waals surface area (Å²) in [5, 5.41) is 56.6. The average Bonchev–Trinajstić information content (AvgIpc) is 3.36. The third kappa shape index (κ3) is 34.4. The van der Waals surface area contributed by atoms with Crippen LogP contribution in [0.1, 0.15) is 175 Å². The van der Waals surface area contributed by atoms with Gasteiger partial charge in [-0.1, -0.05) is 206 Å². The number of aliphatic hydroxyl groups is 5. The van der Waals surface area contributed by atoms with Crippen molar-refractivity contribution < 1.29 is 49.3 Å². The van der Waals surface area contributed by atoms with E-state index >= 15 is 0 Å². The fourth-order valence-electron chi connectivity index (χ4n) is 7.46. The fourth-order valence-corrected chi connectivity index (χ4v) is 7.46. The second kappa shape index (κ2) is 46.2. The molecule has 0 spiro atoms. The predicted molar refractivity (Wildman–Crippen MR) is 287 cm³/mol. The largest absolute Gasteiger partial charge is 0.454 e. The quantitative estimate of drug-likeness (QED) is 0.0149. The highest BCUT2D eigenvalue weighted by Gasteiger charge is 2.47. The summed E-state index contributed by atoms with van der Waals surface area (Å²) in [7, 11) is 0. The first kappa shape index (κ1) is 64.1. The third-order valence-corrected chi connectivity index (χ3v) is 11.7. The van der Waals surface area contributed by atoms with Gasteiger partial charge in [0.2, 0.25) is 5.91 Å². The average molecular weight is 978 g/mol. The van der Waals surface area contributed by atoms with E-state index in [9.17, 15) is 35.1 Å². The van der Waals surface area contributed by atoms with Crippen LogP contribution in [0.15, 0.2) is 122 Å². The number of allylic oxidation sites excluding steroid dienone is 19. The number of aliphatic hydroxyl groups excluding tert-OH is 5. The van der Waals surface area contributed by atoms with Crippen LogP contribution in [0.3, 0.4) is 0 Å². The molecule has 0 bridgehead atoms. The van der Waals surface area contributed by atoms with Gasteiger partial charge >= 0.3 is 5.97 Å². The minimum atomic E-state index is -1.65. The number of amides is 1. The zero-order chi connectivity index (χ0) is 51.1. The number of esters is 1. The Morgan fingerprint density at radius 1 is 0.586 bits per heavy atom. The van der Waals surface area contributed by atoms with E-state index in [2.05, 4.69) is 86.8 Å². The fraction of sp³-hybridized carbons (Fsp3) is 0.627. The molecule has 396 valence electrons. The Labute approximate surface area is 423 Å². The van der Waals surface area contributed by atoms with Gasteiger partial charge in [-0.05, 0) is 83.5 Å². The molecule has 1 fully saturated rings. The molecule has 0 saturated carbocycles. The van der Waals surface area contributed by atoms with Crippen LogP contribution < -0.4 is 5.32 Å². The van der Waals surface area contributed by atoms with Gasteiger partial charge in [0.05, 0.1) is 25.4 Å². The van der Waals surface area contributed by atoms with Crippen LogP contribution in [0.5, 0.6) is 0 Å². The Balaban J connectivity index is 2.85. The highest BCUT2D eigenvalue weighted by molar-refractivity contribution is 5.80. The number of hydrogen-bond donors (Lipinski definition) is 6. The first-order valence-corrected chi connectivity index (χ1v) is 26.9. The maximum absolute atomic E-state index is 13.3. The number of nitrogens with one attached hydrogen (secondary N) is 1. The van der Waals surface area contributed by atoms with Gasteiger partial charge in [0.1, 0.15) is 24.4 Å². The molecule has 1 heterocycles. The van der Waals surface area contributed by atoms with Crippen molar-refractivity contribution in [2.75, 3.05) is 13.2 Å². The van der Waals surface area contributed by atoms with Crippen LogP contribution in [0, 0.1) is 0 Å². The smallest absolute Gasteiger partial charge is 0.306 e. The summed E-state index contributed by atoms with van der Waals surface area (Å²) in [6.45, 7) is 5.42. The highest BCUT2D eigenvalue weighted by atomic mass is 16.7. The van der Waals surface area contributed by atoms with E-state index in [0.29, 0.717) is 12.8 Å². The lowest BCUT2D eigenvalue weighted by atomic mass is 9.99. The van der Waals surface area contributed by atoms with Crippen LogP contribution >= 0.6 is 0 Å². The van der Waals surface area contributed by atoms with Crippen LogP contribution in [0.25, 0.3) is 0 Å². The summed E-state index contributed by atoms with van der Waals surface area (Å²) < 4.78 is 17.4. The second-order valence-electron chi connectivity index (χ2n) is 17.9. The van der Waals surface area contributed by atoms with Gasteiger partial charge < -0.3 is 45.1 Å². The first-order valence-electron chi connectivity index (χ1n) is 26.9. The molecule has 8 atom stereocenters. The normalized spacial score (nSPS) is 20.7. The van der Waals surface area contributed by atoms with E-state index in [1.165, 1.54) is 44.9 Å². The summed E-state index contributed by atoms with van der Waals surface area (Å²) in [6, 6.07) is -1.07. The Bertz CT molecular complexity index is 1590. The second-order valence-corrected chi connectivity index (χ2v) is 17.9. The van der Waals surface area contributed by atoms with E-state index in [0.717, 1.165) is 83.5 Å².